The molecular weight excluding hydrogens is 479 g/mol. The lowest BCUT2D eigenvalue weighted by molar-refractivity contribution is -0.121. The van der Waals surface area contributed by atoms with E-state index in [4.69, 9.17) is 14.2 Å². The number of rotatable bonds is 8. The molecule has 0 fully saturated rings. The molecule has 1 aliphatic rings. The highest BCUT2D eigenvalue weighted by Gasteiger charge is 2.27. The van der Waals surface area contributed by atoms with E-state index < -0.39 is 0 Å². The molecule has 2 N–H and O–H groups in total. The molecule has 1 aromatic heterocycles. The number of nitrogens with zero attached hydrogens (tertiary/aromatic N) is 2. The van der Waals surface area contributed by atoms with Crippen molar-refractivity contribution in [1.82, 2.24) is 15.1 Å². The Hall–Kier alpha value is -2.94. The molecular formula is C24H30Cl2N4O4. The summed E-state index contributed by atoms with van der Waals surface area (Å²) < 4.78 is 17.1. The number of methoxy groups -OCH3 is 1. The number of nitrogens with one attached hydrogen (secondary N) is 2. The number of anilines is 1. The van der Waals surface area contributed by atoms with E-state index in [1.54, 1.807) is 13.3 Å². The van der Waals surface area contributed by atoms with Gasteiger partial charge in [0.1, 0.15) is 30.5 Å². The van der Waals surface area contributed by atoms with Gasteiger partial charge >= 0.3 is 0 Å². The van der Waals surface area contributed by atoms with Crippen LogP contribution in [0.25, 0.3) is 11.1 Å². The first-order chi connectivity index (χ1) is 15.5. The Bertz CT molecular complexity index is 1080. The van der Waals surface area contributed by atoms with Crippen LogP contribution in [0.5, 0.6) is 17.2 Å². The van der Waals surface area contributed by atoms with E-state index in [0.29, 0.717) is 31.1 Å². The number of H-pyrrole nitrogens is 1. The summed E-state index contributed by atoms with van der Waals surface area (Å²) in [5, 5.41) is 9.87. The van der Waals surface area contributed by atoms with Crippen molar-refractivity contribution in [3.05, 3.63) is 54.4 Å². The fourth-order valence-corrected chi connectivity index (χ4v) is 3.57. The molecule has 3 aromatic rings. The molecule has 1 aliphatic heterocycles. The minimum Gasteiger partial charge on any atom is -0.497 e. The summed E-state index contributed by atoms with van der Waals surface area (Å²) in [5.74, 6) is 1.76. The van der Waals surface area contributed by atoms with Crippen molar-refractivity contribution < 1.29 is 19.0 Å². The molecule has 0 bridgehead atoms. The molecule has 0 spiro atoms. The van der Waals surface area contributed by atoms with Gasteiger partial charge in [-0.05, 0) is 62.0 Å². The van der Waals surface area contributed by atoms with Crippen molar-refractivity contribution in [2.24, 2.45) is 5.92 Å². The summed E-state index contributed by atoms with van der Waals surface area (Å²) in [5.41, 5.74) is 3.51. The van der Waals surface area contributed by atoms with Gasteiger partial charge in [-0.3, -0.25) is 9.89 Å². The molecule has 10 heteroatoms. The zero-order valence-electron chi connectivity index (χ0n) is 19.4. The number of carbonyl (C=O) groups is 1. The highest BCUT2D eigenvalue weighted by molar-refractivity contribution is 5.95. The minimum absolute atomic E-state index is 0. The van der Waals surface area contributed by atoms with E-state index in [0.717, 1.165) is 34.7 Å². The van der Waals surface area contributed by atoms with Crippen LogP contribution in [0.1, 0.15) is 5.56 Å². The molecule has 0 radical (unpaired) electrons. The number of aromatic amines is 1. The molecule has 0 unspecified atom stereocenters. The molecule has 0 aliphatic carbocycles. The van der Waals surface area contributed by atoms with Crippen LogP contribution < -0.4 is 19.5 Å². The molecule has 4 rings (SSSR count). The zero-order chi connectivity index (χ0) is 22.5. The van der Waals surface area contributed by atoms with Crippen LogP contribution in [0.15, 0.2) is 48.8 Å². The van der Waals surface area contributed by atoms with Crippen LogP contribution in [0.2, 0.25) is 0 Å². The van der Waals surface area contributed by atoms with Crippen LogP contribution in [-0.2, 0) is 11.2 Å². The molecule has 8 nitrogen and oxygen atoms in total. The third-order valence-corrected chi connectivity index (χ3v) is 5.41. The first-order valence-corrected chi connectivity index (χ1v) is 10.5. The Balaban J connectivity index is 0.00000204. The number of aromatic nitrogens is 2. The number of ether oxygens (including phenoxy) is 3. The van der Waals surface area contributed by atoms with Crippen molar-refractivity contribution in [1.29, 1.82) is 0 Å². The lowest BCUT2D eigenvalue weighted by Gasteiger charge is -2.25. The molecule has 34 heavy (non-hydrogen) atoms. The largest absolute Gasteiger partial charge is 0.497 e. The summed E-state index contributed by atoms with van der Waals surface area (Å²) in [7, 11) is 5.61. The quantitative estimate of drug-likeness (QED) is 0.476. The predicted octanol–water partition coefficient (Wildman–Crippen LogP) is 4.06. The summed E-state index contributed by atoms with van der Waals surface area (Å²) in [4.78, 5) is 15.1. The van der Waals surface area contributed by atoms with Gasteiger partial charge in [0.15, 0.2) is 0 Å². The molecule has 0 saturated carbocycles. The maximum absolute atomic E-state index is 13.1. The van der Waals surface area contributed by atoms with Crippen molar-refractivity contribution in [2.45, 2.75) is 6.42 Å². The Labute approximate surface area is 211 Å². The van der Waals surface area contributed by atoms with Crippen molar-refractivity contribution in [3.63, 3.8) is 0 Å². The monoisotopic (exact) mass is 508 g/mol. The highest BCUT2D eigenvalue weighted by atomic mass is 35.5. The van der Waals surface area contributed by atoms with Gasteiger partial charge in [-0.25, -0.2) is 0 Å². The zero-order valence-corrected chi connectivity index (χ0v) is 21.0. The van der Waals surface area contributed by atoms with Gasteiger partial charge in [0.25, 0.3) is 0 Å². The number of halogens is 2. The smallest absolute Gasteiger partial charge is 0.231 e. The minimum atomic E-state index is -0.308. The standard InChI is InChI=1S/C24H28N4O4.2ClH/c1-28(2)8-9-31-23-12-16(19-13-25-26-14-19)4-6-21(23)27-24(29)18-10-17-11-20(30-3)5-7-22(17)32-15-18;;/h4-7,11-14,18H,8-10,15H2,1-3H3,(H,25,26)(H,27,29);2*1H/t18-;;/m0../s1. The van der Waals surface area contributed by atoms with Crippen LogP contribution in [0, 0.1) is 5.92 Å². The molecule has 0 saturated heterocycles. The number of hydrogen-bond donors (Lipinski definition) is 2. The van der Waals surface area contributed by atoms with Crippen LogP contribution in [-0.4, -0.2) is 62.0 Å². The van der Waals surface area contributed by atoms with E-state index in [1.165, 1.54) is 0 Å². The Morgan fingerprint density at radius 1 is 1.21 bits per heavy atom. The average molecular weight is 509 g/mol. The average Bonchev–Trinajstić information content (AvgIpc) is 3.34. The van der Waals surface area contributed by atoms with E-state index in [9.17, 15) is 4.79 Å². The normalized spacial score (nSPS) is 14.2. The van der Waals surface area contributed by atoms with E-state index in [1.807, 2.05) is 61.6 Å². The number of carbonyl (C=O) groups excluding carboxylic acids is 1. The predicted molar refractivity (Wildman–Crippen MR) is 137 cm³/mol. The van der Waals surface area contributed by atoms with Crippen LogP contribution in [0.4, 0.5) is 5.69 Å². The Kier molecular flexibility index (Phi) is 10.0. The number of amides is 1. The van der Waals surface area contributed by atoms with Gasteiger partial charge < -0.3 is 24.4 Å². The van der Waals surface area contributed by atoms with Crippen molar-refractivity contribution in [2.75, 3.05) is 46.3 Å². The van der Waals surface area contributed by atoms with E-state index in [-0.39, 0.29) is 36.6 Å². The third-order valence-electron chi connectivity index (χ3n) is 5.41. The molecule has 2 aromatic carbocycles. The Morgan fingerprint density at radius 2 is 2.03 bits per heavy atom. The van der Waals surface area contributed by atoms with E-state index >= 15 is 0 Å². The lowest BCUT2D eigenvalue weighted by Crippen LogP contribution is -2.32. The molecule has 184 valence electrons. The topological polar surface area (TPSA) is 88.7 Å². The van der Waals surface area contributed by atoms with Crippen LogP contribution in [0.3, 0.4) is 0 Å². The second kappa shape index (κ2) is 12.5. The van der Waals surface area contributed by atoms with Crippen molar-refractivity contribution in [3.8, 4) is 28.4 Å². The number of fused-ring (bicyclic) bond motifs is 1. The number of hydrogen-bond acceptors (Lipinski definition) is 6. The van der Waals surface area contributed by atoms with Gasteiger partial charge in [0.2, 0.25) is 5.91 Å². The highest BCUT2D eigenvalue weighted by Crippen LogP contribution is 2.33. The van der Waals surface area contributed by atoms with Crippen LogP contribution >= 0.6 is 24.8 Å². The second-order valence-corrected chi connectivity index (χ2v) is 8.02. The number of benzene rings is 2. The van der Waals surface area contributed by atoms with Gasteiger partial charge in [-0.15, -0.1) is 24.8 Å². The van der Waals surface area contributed by atoms with Gasteiger partial charge in [-0.1, -0.05) is 6.07 Å². The summed E-state index contributed by atoms with van der Waals surface area (Å²) >= 11 is 0. The fraction of sp³-hybridized carbons (Fsp3) is 0.333. The molecule has 1 atom stereocenters. The third kappa shape index (κ3) is 6.56. The van der Waals surface area contributed by atoms with Gasteiger partial charge in [0.05, 0.1) is 24.9 Å². The summed E-state index contributed by atoms with van der Waals surface area (Å²) in [6.45, 7) is 1.60. The maximum Gasteiger partial charge on any atom is 0.231 e. The van der Waals surface area contributed by atoms with E-state index in [2.05, 4.69) is 15.5 Å². The maximum atomic E-state index is 13.1. The summed E-state index contributed by atoms with van der Waals surface area (Å²) in [6.07, 6.45) is 4.16. The molecule has 2 heterocycles. The lowest BCUT2D eigenvalue weighted by atomic mass is 9.95. The summed E-state index contributed by atoms with van der Waals surface area (Å²) in [6, 6.07) is 11.4. The first-order valence-electron chi connectivity index (χ1n) is 10.5. The Morgan fingerprint density at radius 3 is 2.74 bits per heavy atom. The second-order valence-electron chi connectivity index (χ2n) is 8.02. The number of likely N-dealkylation sites (N-methyl/N-ethyl adjacent to an activating group) is 1. The van der Waals surface area contributed by atoms with Gasteiger partial charge in [-0.2, -0.15) is 5.10 Å². The van der Waals surface area contributed by atoms with Gasteiger partial charge in [0, 0.05) is 18.3 Å². The first kappa shape index (κ1) is 27.3. The molecule has 1 amide bonds. The SMILES string of the molecule is COc1ccc2c(c1)C[C@H](C(=O)Nc1ccc(-c3cn[nH]c3)cc1OCCN(C)C)CO2.Cl.Cl. The van der Waals surface area contributed by atoms with Crippen molar-refractivity contribution >= 4 is 36.4 Å². The fourth-order valence-electron chi connectivity index (χ4n) is 3.57.